The lowest BCUT2D eigenvalue weighted by molar-refractivity contribution is 0.150. The van der Waals surface area contributed by atoms with E-state index in [2.05, 4.69) is 36.1 Å². The van der Waals surface area contributed by atoms with Crippen molar-refractivity contribution < 1.29 is 13.2 Å². The molecule has 0 aromatic rings. The van der Waals surface area contributed by atoms with Crippen molar-refractivity contribution in [2.24, 2.45) is 11.3 Å². The summed E-state index contributed by atoms with van der Waals surface area (Å²) in [5.41, 5.74) is 0.341. The molecule has 6 nitrogen and oxygen atoms in total. The van der Waals surface area contributed by atoms with Gasteiger partial charge in [0.25, 0.3) is 0 Å². The average molecular weight is 319 g/mol. The zero-order valence-electron chi connectivity index (χ0n) is 13.5. The number of carbonyl (C=O) groups is 1. The van der Waals surface area contributed by atoms with Gasteiger partial charge in [-0.05, 0) is 30.6 Å². The van der Waals surface area contributed by atoms with Crippen LogP contribution in [0.5, 0.6) is 0 Å². The predicted octanol–water partition coefficient (Wildman–Crippen LogP) is 1.44. The van der Waals surface area contributed by atoms with Crippen LogP contribution < -0.4 is 15.4 Å². The van der Waals surface area contributed by atoms with E-state index in [9.17, 15) is 13.2 Å². The highest BCUT2D eigenvalue weighted by Crippen LogP contribution is 2.38. The van der Waals surface area contributed by atoms with E-state index in [1.807, 2.05) is 0 Å². The first kappa shape index (κ1) is 18.2. The first-order chi connectivity index (χ1) is 9.65. The Balaban J connectivity index is 2.31. The van der Waals surface area contributed by atoms with Crippen molar-refractivity contribution >= 4 is 16.1 Å². The number of rotatable bonds is 6. The number of sulfonamides is 1. The molecule has 0 spiro atoms. The van der Waals surface area contributed by atoms with Crippen LogP contribution in [0.4, 0.5) is 4.79 Å². The molecule has 0 aromatic heterocycles. The molecule has 0 heterocycles. The van der Waals surface area contributed by atoms with E-state index in [4.69, 9.17) is 0 Å². The first-order valence-electron chi connectivity index (χ1n) is 7.67. The Morgan fingerprint density at radius 2 is 2.00 bits per heavy atom. The second-order valence-electron chi connectivity index (χ2n) is 6.71. The standard InChI is InChI=1S/C14H29N3O3S/c1-5-16-21(19,20)9-8-15-13(18)17-12-6-7-14(3,4)10-11(12)2/h11-12,16H,5-10H2,1-4H3,(H2,15,17,18). The normalized spacial score (nSPS) is 25.3. The summed E-state index contributed by atoms with van der Waals surface area (Å²) in [5.74, 6) is 0.339. The molecule has 2 atom stereocenters. The van der Waals surface area contributed by atoms with E-state index in [0.717, 1.165) is 19.3 Å². The fraction of sp³-hybridized carbons (Fsp3) is 0.929. The molecule has 1 saturated carbocycles. The molecule has 1 aliphatic carbocycles. The maximum Gasteiger partial charge on any atom is 0.315 e. The summed E-state index contributed by atoms with van der Waals surface area (Å²) in [5, 5.41) is 5.58. The Bertz CT molecular complexity index is 448. The third kappa shape index (κ3) is 6.65. The van der Waals surface area contributed by atoms with Crippen LogP contribution in [0, 0.1) is 11.3 Å². The number of nitrogens with one attached hydrogen (secondary N) is 3. The van der Waals surface area contributed by atoms with Gasteiger partial charge in [0, 0.05) is 19.1 Å². The molecule has 2 unspecified atom stereocenters. The maximum atomic E-state index is 11.8. The van der Waals surface area contributed by atoms with Crippen molar-refractivity contribution in [3.05, 3.63) is 0 Å². The second kappa shape index (κ2) is 7.45. The Kier molecular flexibility index (Phi) is 6.46. The van der Waals surface area contributed by atoms with Crippen molar-refractivity contribution in [3.63, 3.8) is 0 Å². The SMILES string of the molecule is CCNS(=O)(=O)CCNC(=O)NC1CCC(C)(C)CC1C. The van der Waals surface area contributed by atoms with E-state index in [1.165, 1.54) is 0 Å². The highest BCUT2D eigenvalue weighted by atomic mass is 32.2. The van der Waals surface area contributed by atoms with Crippen molar-refractivity contribution in [3.8, 4) is 0 Å². The number of amides is 2. The van der Waals surface area contributed by atoms with E-state index in [1.54, 1.807) is 6.92 Å². The van der Waals surface area contributed by atoms with Crippen molar-refractivity contribution in [1.82, 2.24) is 15.4 Å². The molecule has 0 aromatic carbocycles. The minimum atomic E-state index is -3.28. The molecule has 124 valence electrons. The summed E-state index contributed by atoms with van der Waals surface area (Å²) in [4.78, 5) is 11.8. The van der Waals surface area contributed by atoms with Gasteiger partial charge < -0.3 is 10.6 Å². The molecular weight excluding hydrogens is 290 g/mol. The molecule has 1 rings (SSSR count). The lowest BCUT2D eigenvalue weighted by Gasteiger charge is -2.39. The van der Waals surface area contributed by atoms with Crippen LogP contribution in [0.15, 0.2) is 0 Å². The Labute approximate surface area is 128 Å². The topological polar surface area (TPSA) is 87.3 Å². The van der Waals surface area contributed by atoms with Gasteiger partial charge in [-0.2, -0.15) is 0 Å². The van der Waals surface area contributed by atoms with E-state index >= 15 is 0 Å². The lowest BCUT2D eigenvalue weighted by atomic mass is 9.70. The zero-order valence-corrected chi connectivity index (χ0v) is 14.3. The minimum Gasteiger partial charge on any atom is -0.337 e. The molecule has 1 aliphatic rings. The van der Waals surface area contributed by atoms with E-state index in [-0.39, 0.29) is 24.4 Å². The molecule has 0 saturated heterocycles. The van der Waals surface area contributed by atoms with Gasteiger partial charge in [-0.25, -0.2) is 17.9 Å². The largest absolute Gasteiger partial charge is 0.337 e. The number of carbonyl (C=O) groups excluding carboxylic acids is 1. The predicted molar refractivity (Wildman–Crippen MR) is 84.6 cm³/mol. The Hall–Kier alpha value is -0.820. The lowest BCUT2D eigenvalue weighted by Crippen LogP contribution is -2.49. The number of urea groups is 1. The molecule has 21 heavy (non-hydrogen) atoms. The van der Waals surface area contributed by atoms with Crippen molar-refractivity contribution in [2.75, 3.05) is 18.8 Å². The molecular formula is C14H29N3O3S. The molecule has 1 fully saturated rings. The van der Waals surface area contributed by atoms with E-state index < -0.39 is 10.0 Å². The molecule has 0 bridgehead atoms. The Morgan fingerprint density at radius 1 is 1.33 bits per heavy atom. The molecule has 3 N–H and O–H groups in total. The van der Waals surface area contributed by atoms with Crippen LogP contribution in [-0.2, 0) is 10.0 Å². The van der Waals surface area contributed by atoms with Crippen LogP contribution in [0.3, 0.4) is 0 Å². The van der Waals surface area contributed by atoms with Gasteiger partial charge in [0.05, 0.1) is 5.75 Å². The number of hydrogen-bond donors (Lipinski definition) is 3. The third-order valence-electron chi connectivity index (χ3n) is 4.03. The third-order valence-corrected chi connectivity index (χ3v) is 5.50. The first-order valence-corrected chi connectivity index (χ1v) is 9.32. The molecule has 7 heteroatoms. The summed E-state index contributed by atoms with van der Waals surface area (Å²) in [6.45, 7) is 8.87. The highest BCUT2D eigenvalue weighted by molar-refractivity contribution is 7.89. The van der Waals surface area contributed by atoms with Gasteiger partial charge in [-0.3, -0.25) is 0 Å². The van der Waals surface area contributed by atoms with Gasteiger partial charge in [-0.15, -0.1) is 0 Å². The van der Waals surface area contributed by atoms with Gasteiger partial charge in [0.2, 0.25) is 10.0 Å². The smallest absolute Gasteiger partial charge is 0.315 e. The second-order valence-corrected chi connectivity index (χ2v) is 8.63. The van der Waals surface area contributed by atoms with Crippen molar-refractivity contribution in [2.45, 2.75) is 53.0 Å². The Morgan fingerprint density at radius 3 is 2.57 bits per heavy atom. The summed E-state index contributed by atoms with van der Waals surface area (Å²) in [7, 11) is -3.28. The highest BCUT2D eigenvalue weighted by Gasteiger charge is 2.32. The summed E-state index contributed by atoms with van der Waals surface area (Å²) >= 11 is 0. The van der Waals surface area contributed by atoms with Gasteiger partial charge >= 0.3 is 6.03 Å². The summed E-state index contributed by atoms with van der Waals surface area (Å²) < 4.78 is 25.3. The molecule has 0 radical (unpaired) electrons. The van der Waals surface area contributed by atoms with Crippen LogP contribution in [-0.4, -0.2) is 39.3 Å². The summed E-state index contributed by atoms with van der Waals surface area (Å²) in [6, 6.07) is -0.110. The number of hydrogen-bond acceptors (Lipinski definition) is 3. The van der Waals surface area contributed by atoms with Crippen molar-refractivity contribution in [1.29, 1.82) is 0 Å². The van der Waals surface area contributed by atoms with Crippen LogP contribution in [0.1, 0.15) is 47.0 Å². The van der Waals surface area contributed by atoms with E-state index in [0.29, 0.717) is 17.9 Å². The van der Waals surface area contributed by atoms with Gasteiger partial charge in [0.15, 0.2) is 0 Å². The van der Waals surface area contributed by atoms with Gasteiger partial charge in [-0.1, -0.05) is 27.7 Å². The summed E-state index contributed by atoms with van der Waals surface area (Å²) in [6.07, 6.45) is 3.15. The molecule has 2 amide bonds. The average Bonchev–Trinajstić information content (AvgIpc) is 2.32. The van der Waals surface area contributed by atoms with Crippen LogP contribution in [0.2, 0.25) is 0 Å². The molecule has 0 aliphatic heterocycles. The fourth-order valence-corrected chi connectivity index (χ4v) is 3.93. The fourth-order valence-electron chi connectivity index (χ4n) is 2.97. The van der Waals surface area contributed by atoms with Crippen LogP contribution >= 0.6 is 0 Å². The minimum absolute atomic E-state index is 0.0957. The maximum absolute atomic E-state index is 11.8. The zero-order chi connectivity index (χ0) is 16.1. The van der Waals surface area contributed by atoms with Gasteiger partial charge in [0.1, 0.15) is 0 Å². The monoisotopic (exact) mass is 319 g/mol. The van der Waals surface area contributed by atoms with Crippen LogP contribution in [0.25, 0.3) is 0 Å². The quantitative estimate of drug-likeness (QED) is 0.692.